The first-order valence-corrected chi connectivity index (χ1v) is 15.9. The fraction of sp³-hybridized carbons (Fsp3) is 0.378. The summed E-state index contributed by atoms with van der Waals surface area (Å²) in [6, 6.07) is 5.93. The van der Waals surface area contributed by atoms with Gasteiger partial charge in [0.15, 0.2) is 0 Å². The van der Waals surface area contributed by atoms with Crippen LogP contribution in [0.5, 0.6) is 0 Å². The molecule has 3 aromatic rings. The van der Waals surface area contributed by atoms with Gasteiger partial charge in [-0.15, -0.1) is 0 Å². The number of methoxy groups -OCH3 is 2. The van der Waals surface area contributed by atoms with E-state index in [1.54, 1.807) is 6.92 Å². The molecule has 2 atom stereocenters. The first kappa shape index (κ1) is 33.4. The van der Waals surface area contributed by atoms with Gasteiger partial charge in [-0.25, -0.2) is 9.78 Å². The van der Waals surface area contributed by atoms with Gasteiger partial charge in [0.25, 0.3) is 0 Å². The maximum absolute atomic E-state index is 13.0. The third-order valence-electron chi connectivity index (χ3n) is 9.63. The van der Waals surface area contributed by atoms with Gasteiger partial charge < -0.3 is 24.5 Å². The van der Waals surface area contributed by atoms with E-state index < -0.39 is 11.9 Å². The van der Waals surface area contributed by atoms with Crippen LogP contribution in [0.4, 0.5) is 0 Å². The largest absolute Gasteiger partial charge is 0.478 e. The van der Waals surface area contributed by atoms with E-state index in [1.165, 1.54) is 14.2 Å². The fourth-order valence-corrected chi connectivity index (χ4v) is 6.89. The standard InChI is InChI=1S/C37H42N4O6/c1-9-22-18(3)26-15-28-20(5)24(12-11-13-32(42)46-7)35(40-28)25(14-33(43)47-8)36-34(37(44)45)21(6)29(41-36)17-31-23(10-2)19(4)27(39-31)16-30(22)38-26/h9,15-17,20,24,39,41H,1,10-14H2,2-8H3,(H,44,45)/t20-,24-/m0/s1. The summed E-state index contributed by atoms with van der Waals surface area (Å²) in [4.78, 5) is 55.0. The molecule has 0 aromatic carbocycles. The van der Waals surface area contributed by atoms with Crippen molar-refractivity contribution < 1.29 is 29.0 Å². The second-order valence-electron chi connectivity index (χ2n) is 12.2. The third-order valence-corrected chi connectivity index (χ3v) is 9.63. The third kappa shape index (κ3) is 6.12. The second kappa shape index (κ2) is 13.4. The van der Waals surface area contributed by atoms with Gasteiger partial charge in [0, 0.05) is 51.6 Å². The number of aryl methyl sites for hydroxylation is 3. The number of carboxylic acids is 1. The van der Waals surface area contributed by atoms with E-state index in [-0.39, 0.29) is 36.2 Å². The summed E-state index contributed by atoms with van der Waals surface area (Å²) in [7, 11) is 2.67. The van der Waals surface area contributed by atoms with Crippen molar-refractivity contribution in [2.45, 2.75) is 78.6 Å². The Labute approximate surface area is 274 Å². The molecule has 10 heteroatoms. The molecule has 2 aliphatic heterocycles. The van der Waals surface area contributed by atoms with Crippen molar-refractivity contribution in [2.75, 3.05) is 14.2 Å². The number of hydrogen-bond donors (Lipinski definition) is 3. The second-order valence-corrected chi connectivity index (χ2v) is 12.2. The van der Waals surface area contributed by atoms with E-state index in [9.17, 15) is 19.5 Å². The number of aromatic amines is 2. The van der Waals surface area contributed by atoms with Crippen LogP contribution in [0.1, 0.15) is 107 Å². The molecule has 0 fully saturated rings. The van der Waals surface area contributed by atoms with Crippen LogP contribution in [0.2, 0.25) is 0 Å². The first-order valence-electron chi connectivity index (χ1n) is 15.9. The van der Waals surface area contributed by atoms with Crippen LogP contribution in [0.25, 0.3) is 33.2 Å². The van der Waals surface area contributed by atoms with Gasteiger partial charge >= 0.3 is 17.9 Å². The number of aromatic nitrogens is 4. The van der Waals surface area contributed by atoms with Crippen LogP contribution in [-0.2, 0) is 31.9 Å². The highest BCUT2D eigenvalue weighted by Gasteiger charge is 2.33. The highest BCUT2D eigenvalue weighted by Crippen LogP contribution is 2.43. The summed E-state index contributed by atoms with van der Waals surface area (Å²) >= 11 is 0. The Bertz CT molecular complexity index is 2000. The number of carboxylic acid groups (broad SMARTS) is 1. The molecule has 3 N–H and O–H groups in total. The summed E-state index contributed by atoms with van der Waals surface area (Å²) in [5.41, 5.74) is 10.7. The molecule has 5 heterocycles. The summed E-state index contributed by atoms with van der Waals surface area (Å²) in [5.74, 6) is -2.30. The van der Waals surface area contributed by atoms with Gasteiger partial charge in [0.2, 0.25) is 0 Å². The summed E-state index contributed by atoms with van der Waals surface area (Å²) in [5, 5.41) is 10.5. The first-order chi connectivity index (χ1) is 22.4. The van der Waals surface area contributed by atoms with E-state index in [0.717, 1.165) is 56.8 Å². The number of ether oxygens (including phenoxy) is 2. The Balaban J connectivity index is 1.98. The average molecular weight is 639 g/mol. The zero-order chi connectivity index (χ0) is 34.2. The lowest BCUT2D eigenvalue weighted by Crippen LogP contribution is -2.12. The van der Waals surface area contributed by atoms with Gasteiger partial charge in [0.1, 0.15) is 0 Å². The number of allylic oxidation sites excluding steroid dienone is 3. The predicted molar refractivity (Wildman–Crippen MR) is 182 cm³/mol. The minimum absolute atomic E-state index is 0.0714. The van der Waals surface area contributed by atoms with Crippen molar-refractivity contribution >= 4 is 51.1 Å². The van der Waals surface area contributed by atoms with Crippen molar-refractivity contribution in [1.82, 2.24) is 19.9 Å². The van der Waals surface area contributed by atoms with Crippen LogP contribution < -0.4 is 0 Å². The number of aromatic carboxylic acids is 1. The molecule has 3 aromatic heterocycles. The zero-order valence-electron chi connectivity index (χ0n) is 28.1. The number of H-pyrrole nitrogens is 2. The molecule has 2 aliphatic rings. The molecular formula is C37H42N4O6. The zero-order valence-corrected chi connectivity index (χ0v) is 28.1. The Hall–Kier alpha value is -4.99. The maximum atomic E-state index is 13.0. The number of esters is 2. The number of fused-ring (bicyclic) bond motifs is 8. The van der Waals surface area contributed by atoms with Crippen molar-refractivity contribution in [3.8, 4) is 0 Å². The molecule has 10 nitrogen and oxygen atoms in total. The SMILES string of the molecule is C=CC1=C(C)c2cc3nc(c(CC(=O)OC)c4[nH]c(cc5[nH]c(cc1n2)c(C)c5CC)c(C)c4C(=O)O)[C@@H](CCCC(=O)OC)[C@@H]3C. The van der Waals surface area contributed by atoms with Gasteiger partial charge in [0.05, 0.1) is 48.8 Å². The van der Waals surface area contributed by atoms with E-state index in [0.29, 0.717) is 40.7 Å². The summed E-state index contributed by atoms with van der Waals surface area (Å²) < 4.78 is 9.98. The molecule has 47 heavy (non-hydrogen) atoms. The molecule has 246 valence electrons. The normalized spacial score (nSPS) is 15.9. The molecule has 0 spiro atoms. The van der Waals surface area contributed by atoms with Crippen LogP contribution >= 0.6 is 0 Å². The minimum atomic E-state index is -1.12. The van der Waals surface area contributed by atoms with Gasteiger partial charge in [-0.05, 0) is 80.5 Å². The van der Waals surface area contributed by atoms with Crippen molar-refractivity contribution in [3.63, 3.8) is 0 Å². The topological polar surface area (TPSA) is 147 Å². The molecule has 0 saturated heterocycles. The van der Waals surface area contributed by atoms with Gasteiger partial charge in [-0.3, -0.25) is 14.6 Å². The summed E-state index contributed by atoms with van der Waals surface area (Å²) in [6.07, 6.45) is 3.69. The van der Waals surface area contributed by atoms with Gasteiger partial charge in [-0.1, -0.05) is 26.5 Å². The van der Waals surface area contributed by atoms with Crippen molar-refractivity contribution in [1.29, 1.82) is 0 Å². The lowest BCUT2D eigenvalue weighted by molar-refractivity contribution is -0.141. The molecule has 8 bridgehead atoms. The maximum Gasteiger partial charge on any atom is 0.338 e. The van der Waals surface area contributed by atoms with E-state index in [4.69, 9.17) is 19.4 Å². The number of nitrogens with one attached hydrogen (secondary N) is 2. The van der Waals surface area contributed by atoms with E-state index in [2.05, 4.69) is 37.3 Å². The number of nitrogens with zero attached hydrogens (tertiary/aromatic N) is 2. The smallest absolute Gasteiger partial charge is 0.338 e. The molecule has 0 aliphatic carbocycles. The molecule has 0 radical (unpaired) electrons. The van der Waals surface area contributed by atoms with E-state index in [1.807, 2.05) is 31.2 Å². The van der Waals surface area contributed by atoms with Crippen molar-refractivity contribution in [3.05, 3.63) is 81.4 Å². The highest BCUT2D eigenvalue weighted by atomic mass is 16.5. The minimum Gasteiger partial charge on any atom is -0.478 e. The lowest BCUT2D eigenvalue weighted by Gasteiger charge is -2.18. The number of carbonyl (C=O) groups is 3. The Morgan fingerprint density at radius 2 is 1.64 bits per heavy atom. The molecule has 0 saturated carbocycles. The van der Waals surface area contributed by atoms with Crippen LogP contribution in [0, 0.1) is 13.8 Å². The monoisotopic (exact) mass is 638 g/mol. The number of carbonyl (C=O) groups excluding carboxylic acids is 2. The molecule has 0 unspecified atom stereocenters. The van der Waals surface area contributed by atoms with Crippen molar-refractivity contribution in [2.24, 2.45) is 0 Å². The van der Waals surface area contributed by atoms with Gasteiger partial charge in [-0.2, -0.15) is 0 Å². The highest BCUT2D eigenvalue weighted by molar-refractivity contribution is 6.02. The van der Waals surface area contributed by atoms with Crippen LogP contribution in [-0.4, -0.2) is 57.2 Å². The average Bonchev–Trinajstić information content (AvgIpc) is 3.72. The quantitative estimate of drug-likeness (QED) is 0.208. The van der Waals surface area contributed by atoms with Crippen LogP contribution in [0.15, 0.2) is 30.9 Å². The lowest BCUT2D eigenvalue weighted by atomic mass is 9.84. The summed E-state index contributed by atoms with van der Waals surface area (Å²) in [6.45, 7) is 14.0. The van der Waals surface area contributed by atoms with E-state index >= 15 is 0 Å². The molecule has 5 rings (SSSR count). The number of hydrogen-bond acceptors (Lipinski definition) is 7. The molecule has 0 amide bonds. The Morgan fingerprint density at radius 1 is 0.936 bits per heavy atom. The Kier molecular flexibility index (Phi) is 9.51. The fourth-order valence-electron chi connectivity index (χ4n) is 6.89. The molecular weight excluding hydrogens is 596 g/mol. The van der Waals surface area contributed by atoms with Crippen LogP contribution in [0.3, 0.4) is 0 Å². The Morgan fingerprint density at radius 3 is 2.28 bits per heavy atom. The number of rotatable bonds is 9. The predicted octanol–water partition coefficient (Wildman–Crippen LogP) is 7.26.